The molecule has 9 nitrogen and oxygen atoms in total. The number of para-hydroxylation sites is 2. The molecule has 0 unspecified atom stereocenters. The molecule has 27 heavy (non-hydrogen) atoms. The van der Waals surface area contributed by atoms with E-state index >= 15 is 0 Å². The summed E-state index contributed by atoms with van der Waals surface area (Å²) < 4.78 is 0. The summed E-state index contributed by atoms with van der Waals surface area (Å²) in [6.07, 6.45) is -0.263. The van der Waals surface area contributed by atoms with Crippen molar-refractivity contribution in [3.05, 3.63) is 69.8 Å². The zero-order valence-corrected chi connectivity index (χ0v) is 14.3. The van der Waals surface area contributed by atoms with E-state index < -0.39 is 22.8 Å². The molecule has 140 valence electrons. The molecule has 0 aromatic heterocycles. The van der Waals surface area contributed by atoms with Crippen molar-refractivity contribution >= 4 is 29.2 Å². The van der Waals surface area contributed by atoms with Gasteiger partial charge in [-0.25, -0.2) is 4.79 Å². The average Bonchev–Trinajstić information content (AvgIpc) is 2.61. The zero-order valence-electron chi connectivity index (χ0n) is 14.3. The number of carboxylic acids is 1. The third-order valence-electron chi connectivity index (χ3n) is 3.70. The van der Waals surface area contributed by atoms with E-state index in [1.807, 2.05) is 0 Å². The molecule has 2 aromatic rings. The van der Waals surface area contributed by atoms with Crippen LogP contribution in [0.4, 0.5) is 11.4 Å². The maximum Gasteiger partial charge on any atom is 0.326 e. The predicted octanol–water partition coefficient (Wildman–Crippen LogP) is 1.98. The van der Waals surface area contributed by atoms with Gasteiger partial charge in [-0.15, -0.1) is 0 Å². The van der Waals surface area contributed by atoms with Gasteiger partial charge >= 0.3 is 5.97 Å². The lowest BCUT2D eigenvalue weighted by Gasteiger charge is -2.16. The van der Waals surface area contributed by atoms with E-state index in [1.165, 1.54) is 37.3 Å². The molecular weight excluding hydrogens is 354 g/mol. The smallest absolute Gasteiger partial charge is 0.326 e. The minimum Gasteiger partial charge on any atom is -0.480 e. The largest absolute Gasteiger partial charge is 0.480 e. The second kappa shape index (κ2) is 8.56. The Kier molecular flexibility index (Phi) is 6.21. The third kappa shape index (κ3) is 5.11. The summed E-state index contributed by atoms with van der Waals surface area (Å²) in [7, 11) is 0. The summed E-state index contributed by atoms with van der Waals surface area (Å²) in [5.41, 5.74) is 0.279. The molecule has 0 heterocycles. The van der Waals surface area contributed by atoms with Crippen molar-refractivity contribution in [1.82, 2.24) is 5.32 Å². The van der Waals surface area contributed by atoms with E-state index in [0.717, 1.165) is 0 Å². The van der Waals surface area contributed by atoms with Gasteiger partial charge in [-0.3, -0.25) is 19.7 Å². The Labute approximate surface area is 154 Å². The van der Waals surface area contributed by atoms with Gasteiger partial charge in [-0.05, 0) is 12.1 Å². The summed E-state index contributed by atoms with van der Waals surface area (Å²) >= 11 is 0. The first-order chi connectivity index (χ1) is 12.8. The Hall–Kier alpha value is -3.75. The molecule has 0 aliphatic carbocycles. The van der Waals surface area contributed by atoms with Crippen LogP contribution < -0.4 is 10.6 Å². The van der Waals surface area contributed by atoms with Gasteiger partial charge in [0.05, 0.1) is 16.2 Å². The molecule has 2 aromatic carbocycles. The summed E-state index contributed by atoms with van der Waals surface area (Å²) in [6.45, 7) is 1.28. The van der Waals surface area contributed by atoms with Gasteiger partial charge in [0.25, 0.3) is 11.6 Å². The number of amides is 2. The van der Waals surface area contributed by atoms with Crippen molar-refractivity contribution in [2.75, 3.05) is 5.32 Å². The number of benzene rings is 2. The number of nitrogens with one attached hydrogen (secondary N) is 2. The summed E-state index contributed by atoms with van der Waals surface area (Å²) in [6, 6.07) is 10.5. The third-order valence-corrected chi connectivity index (χ3v) is 3.70. The maximum absolute atomic E-state index is 12.5. The van der Waals surface area contributed by atoms with Crippen molar-refractivity contribution in [3.8, 4) is 0 Å². The number of nitro benzene ring substituents is 1. The van der Waals surface area contributed by atoms with Crippen LogP contribution in [0.2, 0.25) is 0 Å². The Morgan fingerprint density at radius 3 is 2.37 bits per heavy atom. The second-order valence-corrected chi connectivity index (χ2v) is 5.68. The summed E-state index contributed by atoms with van der Waals surface area (Å²) in [4.78, 5) is 45.8. The lowest BCUT2D eigenvalue weighted by molar-refractivity contribution is -0.385. The number of nitrogens with zero attached hydrogens (tertiary/aromatic N) is 1. The monoisotopic (exact) mass is 371 g/mol. The van der Waals surface area contributed by atoms with Crippen LogP contribution in [0.3, 0.4) is 0 Å². The van der Waals surface area contributed by atoms with Crippen LogP contribution >= 0.6 is 0 Å². The number of carboxylic acid groups (broad SMARTS) is 1. The Balaban J connectivity index is 2.25. The highest BCUT2D eigenvalue weighted by atomic mass is 16.6. The molecule has 1 atom stereocenters. The van der Waals surface area contributed by atoms with Crippen LogP contribution in [-0.4, -0.2) is 33.9 Å². The number of carbonyl (C=O) groups excluding carboxylic acids is 2. The van der Waals surface area contributed by atoms with Gasteiger partial charge in [-0.2, -0.15) is 0 Å². The molecule has 0 saturated heterocycles. The topological polar surface area (TPSA) is 139 Å². The highest BCUT2D eigenvalue weighted by Gasteiger charge is 2.25. The summed E-state index contributed by atoms with van der Waals surface area (Å²) in [5.74, 6) is -2.44. The molecule has 0 spiro atoms. The zero-order chi connectivity index (χ0) is 20.0. The fourth-order valence-corrected chi connectivity index (χ4v) is 2.50. The van der Waals surface area contributed by atoms with Crippen LogP contribution in [0.15, 0.2) is 48.5 Å². The van der Waals surface area contributed by atoms with E-state index in [9.17, 15) is 29.6 Å². The highest BCUT2D eigenvalue weighted by Crippen LogP contribution is 2.20. The lowest BCUT2D eigenvalue weighted by atomic mass is 10.0. The molecule has 3 N–H and O–H groups in total. The molecule has 0 fully saturated rings. The fourth-order valence-electron chi connectivity index (χ4n) is 2.50. The molecule has 0 saturated carbocycles. The SMILES string of the molecule is CC(=O)Nc1ccccc1C(=O)N[C@@H](Cc1ccccc1[N+](=O)[O-])C(=O)O. The van der Waals surface area contributed by atoms with Crippen LogP contribution in [0.25, 0.3) is 0 Å². The second-order valence-electron chi connectivity index (χ2n) is 5.68. The number of hydrogen-bond acceptors (Lipinski definition) is 5. The van der Waals surface area contributed by atoms with Gasteiger partial charge in [-0.1, -0.05) is 30.3 Å². The van der Waals surface area contributed by atoms with E-state index in [4.69, 9.17) is 0 Å². The molecule has 2 rings (SSSR count). The van der Waals surface area contributed by atoms with Crippen molar-refractivity contribution in [3.63, 3.8) is 0 Å². The standard InChI is InChI=1S/C18H17N3O6/c1-11(22)19-14-8-4-3-7-13(14)17(23)20-15(18(24)25)10-12-6-2-5-9-16(12)21(26)27/h2-9,15H,10H2,1H3,(H,19,22)(H,20,23)(H,24,25)/t15-/m0/s1. The van der Waals surface area contributed by atoms with Crippen LogP contribution in [-0.2, 0) is 16.0 Å². The minimum absolute atomic E-state index is 0.0847. The van der Waals surface area contributed by atoms with Gasteiger partial charge in [0, 0.05) is 25.0 Å². The average molecular weight is 371 g/mol. The van der Waals surface area contributed by atoms with E-state index in [-0.39, 0.29) is 34.8 Å². The first kappa shape index (κ1) is 19.6. The first-order valence-corrected chi connectivity index (χ1v) is 7.92. The number of hydrogen-bond donors (Lipinski definition) is 3. The Morgan fingerprint density at radius 1 is 1.11 bits per heavy atom. The number of aliphatic carboxylic acids is 1. The highest BCUT2D eigenvalue weighted by molar-refractivity contribution is 6.04. The Morgan fingerprint density at radius 2 is 1.74 bits per heavy atom. The van der Waals surface area contributed by atoms with Gasteiger partial charge < -0.3 is 15.7 Å². The van der Waals surface area contributed by atoms with Crippen molar-refractivity contribution < 1.29 is 24.4 Å². The number of rotatable bonds is 7. The van der Waals surface area contributed by atoms with Crippen LogP contribution in [0.1, 0.15) is 22.8 Å². The van der Waals surface area contributed by atoms with Gasteiger partial charge in [0.2, 0.25) is 5.91 Å². The van der Waals surface area contributed by atoms with Crippen molar-refractivity contribution in [2.24, 2.45) is 0 Å². The number of nitro groups is 1. The lowest BCUT2D eigenvalue weighted by Crippen LogP contribution is -2.42. The number of anilines is 1. The molecule has 2 amide bonds. The molecule has 0 aliphatic rings. The van der Waals surface area contributed by atoms with E-state index in [2.05, 4.69) is 10.6 Å². The minimum atomic E-state index is -1.39. The molecule has 9 heteroatoms. The van der Waals surface area contributed by atoms with Crippen molar-refractivity contribution in [1.29, 1.82) is 0 Å². The maximum atomic E-state index is 12.5. The molecule has 0 aliphatic heterocycles. The first-order valence-electron chi connectivity index (χ1n) is 7.92. The summed E-state index contributed by atoms with van der Waals surface area (Å²) in [5, 5.41) is 25.4. The van der Waals surface area contributed by atoms with E-state index in [0.29, 0.717) is 0 Å². The van der Waals surface area contributed by atoms with Gasteiger partial charge in [0.15, 0.2) is 0 Å². The fraction of sp³-hybridized carbons (Fsp3) is 0.167. The molecule has 0 bridgehead atoms. The normalized spacial score (nSPS) is 11.3. The van der Waals surface area contributed by atoms with E-state index in [1.54, 1.807) is 18.2 Å². The van der Waals surface area contributed by atoms with Crippen molar-refractivity contribution in [2.45, 2.75) is 19.4 Å². The quantitative estimate of drug-likeness (QED) is 0.502. The number of carbonyl (C=O) groups is 3. The molecule has 0 radical (unpaired) electrons. The van der Waals surface area contributed by atoms with Gasteiger partial charge in [0.1, 0.15) is 6.04 Å². The predicted molar refractivity (Wildman–Crippen MR) is 96.4 cm³/mol. The van der Waals surface area contributed by atoms with Crippen LogP contribution in [0, 0.1) is 10.1 Å². The molecular formula is C18H17N3O6. The Bertz CT molecular complexity index is 896. The van der Waals surface area contributed by atoms with Crippen LogP contribution in [0.5, 0.6) is 0 Å².